The molecule has 0 N–H and O–H groups in total. The van der Waals surface area contributed by atoms with Gasteiger partial charge in [-0.2, -0.15) is 5.10 Å². The van der Waals surface area contributed by atoms with Crippen molar-refractivity contribution in [3.63, 3.8) is 0 Å². The number of aromatic nitrogens is 4. The van der Waals surface area contributed by atoms with Gasteiger partial charge < -0.3 is 9.47 Å². The minimum Gasteiger partial charge on any atom is -0.491 e. The monoisotopic (exact) mass is 393 g/mol. The summed E-state index contributed by atoms with van der Waals surface area (Å²) in [6.45, 7) is 5.29. The average Bonchev–Trinajstić information content (AvgIpc) is 3.33. The first kappa shape index (κ1) is 18.9. The van der Waals surface area contributed by atoms with Crippen LogP contribution in [0.15, 0.2) is 30.5 Å². The van der Waals surface area contributed by atoms with Crippen molar-refractivity contribution >= 4 is 11.7 Å². The maximum Gasteiger partial charge on any atom is 0.261 e. The number of fused-ring (bicyclic) bond motifs is 1. The van der Waals surface area contributed by atoms with Crippen LogP contribution in [0, 0.1) is 0 Å². The number of amides is 1. The number of anilines is 1. The number of carbonyl (C=O) groups is 1. The van der Waals surface area contributed by atoms with Crippen molar-refractivity contribution in [1.29, 1.82) is 0 Å². The SMILES string of the molecule is CCc1cc(N2Cc3nc(-c4cnc(OC)c(OC)c4)ccc3C2=O)nn1CC. The smallest absolute Gasteiger partial charge is 0.261 e. The number of hydrogen-bond donors (Lipinski definition) is 0. The van der Waals surface area contributed by atoms with Gasteiger partial charge in [0.2, 0.25) is 0 Å². The Morgan fingerprint density at radius 2 is 1.97 bits per heavy atom. The summed E-state index contributed by atoms with van der Waals surface area (Å²) in [4.78, 5) is 23.6. The highest BCUT2D eigenvalue weighted by Crippen LogP contribution is 2.32. The molecule has 0 saturated carbocycles. The van der Waals surface area contributed by atoms with E-state index in [1.54, 1.807) is 25.3 Å². The standard InChI is InChI=1S/C21H23N5O3/c1-5-14-10-19(24-26(14)6-2)25-12-17-15(21(25)27)7-8-16(23-17)13-9-18(28-3)20(29-4)22-11-13/h7-11H,5-6,12H2,1-4H3. The highest BCUT2D eigenvalue weighted by Gasteiger charge is 2.32. The molecular formula is C21H23N5O3. The van der Waals surface area contributed by atoms with Crippen molar-refractivity contribution in [1.82, 2.24) is 19.7 Å². The quantitative estimate of drug-likeness (QED) is 0.640. The second-order valence-corrected chi connectivity index (χ2v) is 6.68. The Morgan fingerprint density at radius 3 is 2.62 bits per heavy atom. The van der Waals surface area contributed by atoms with Crippen LogP contribution in [-0.4, -0.2) is 39.9 Å². The van der Waals surface area contributed by atoms with Gasteiger partial charge in [0.25, 0.3) is 11.8 Å². The molecule has 1 aliphatic heterocycles. The Balaban J connectivity index is 1.66. The van der Waals surface area contributed by atoms with Gasteiger partial charge in [-0.1, -0.05) is 6.92 Å². The third kappa shape index (κ3) is 3.20. The maximum atomic E-state index is 12.9. The van der Waals surface area contributed by atoms with Gasteiger partial charge >= 0.3 is 0 Å². The zero-order valence-electron chi connectivity index (χ0n) is 17.0. The van der Waals surface area contributed by atoms with E-state index in [1.165, 1.54) is 0 Å². The van der Waals surface area contributed by atoms with Crippen molar-refractivity contribution in [2.45, 2.75) is 33.4 Å². The van der Waals surface area contributed by atoms with E-state index in [0.717, 1.165) is 35.6 Å². The zero-order chi connectivity index (χ0) is 20.5. The summed E-state index contributed by atoms with van der Waals surface area (Å²) in [5, 5.41) is 4.59. The molecule has 0 radical (unpaired) electrons. The van der Waals surface area contributed by atoms with Crippen LogP contribution in [0.5, 0.6) is 11.6 Å². The second-order valence-electron chi connectivity index (χ2n) is 6.68. The van der Waals surface area contributed by atoms with Gasteiger partial charge in [-0.3, -0.25) is 19.4 Å². The van der Waals surface area contributed by atoms with Gasteiger partial charge in [-0.25, -0.2) is 4.98 Å². The highest BCUT2D eigenvalue weighted by atomic mass is 16.5. The zero-order valence-corrected chi connectivity index (χ0v) is 17.0. The predicted molar refractivity (Wildman–Crippen MR) is 108 cm³/mol. The van der Waals surface area contributed by atoms with Crippen LogP contribution in [0.25, 0.3) is 11.3 Å². The summed E-state index contributed by atoms with van der Waals surface area (Å²) in [6, 6.07) is 7.44. The number of ether oxygens (including phenoxy) is 2. The van der Waals surface area contributed by atoms with Gasteiger partial charge in [-0.05, 0) is 31.5 Å². The fourth-order valence-corrected chi connectivity index (χ4v) is 3.53. The fourth-order valence-electron chi connectivity index (χ4n) is 3.53. The molecule has 0 fully saturated rings. The van der Waals surface area contributed by atoms with E-state index < -0.39 is 0 Å². The number of aryl methyl sites for hydroxylation is 2. The van der Waals surface area contributed by atoms with E-state index in [2.05, 4.69) is 17.0 Å². The topological polar surface area (TPSA) is 82.4 Å². The summed E-state index contributed by atoms with van der Waals surface area (Å²) < 4.78 is 12.5. The third-order valence-corrected chi connectivity index (χ3v) is 5.07. The summed E-state index contributed by atoms with van der Waals surface area (Å²) in [5.74, 6) is 1.54. The van der Waals surface area contributed by atoms with Gasteiger partial charge in [0.1, 0.15) is 0 Å². The minimum absolute atomic E-state index is 0.0760. The van der Waals surface area contributed by atoms with Gasteiger partial charge in [0, 0.05) is 30.1 Å². The average molecular weight is 393 g/mol. The van der Waals surface area contributed by atoms with E-state index >= 15 is 0 Å². The first-order valence-electron chi connectivity index (χ1n) is 9.56. The van der Waals surface area contributed by atoms with Crippen LogP contribution in [0.2, 0.25) is 0 Å². The molecule has 0 aromatic carbocycles. The molecule has 8 nitrogen and oxygen atoms in total. The predicted octanol–water partition coefficient (Wildman–Crippen LogP) is 3.10. The molecule has 0 atom stereocenters. The van der Waals surface area contributed by atoms with Crippen LogP contribution in [-0.2, 0) is 19.5 Å². The van der Waals surface area contributed by atoms with Crippen molar-refractivity contribution < 1.29 is 14.3 Å². The lowest BCUT2D eigenvalue weighted by atomic mass is 10.1. The van der Waals surface area contributed by atoms with Crippen LogP contribution in [0.4, 0.5) is 5.82 Å². The molecule has 29 heavy (non-hydrogen) atoms. The lowest BCUT2D eigenvalue weighted by Crippen LogP contribution is -2.23. The molecule has 8 heteroatoms. The van der Waals surface area contributed by atoms with E-state index in [4.69, 9.17) is 14.5 Å². The Bertz CT molecular complexity index is 1050. The molecule has 0 spiro atoms. The Hall–Kier alpha value is -3.42. The lowest BCUT2D eigenvalue weighted by molar-refractivity contribution is 0.0996. The fraction of sp³-hybridized carbons (Fsp3) is 0.333. The number of nitrogens with zero attached hydrogens (tertiary/aromatic N) is 5. The van der Waals surface area contributed by atoms with E-state index in [0.29, 0.717) is 29.6 Å². The molecule has 0 unspecified atom stereocenters. The molecule has 4 heterocycles. The molecule has 0 bridgehead atoms. The molecule has 0 saturated heterocycles. The molecule has 3 aromatic heterocycles. The first-order chi connectivity index (χ1) is 14.1. The summed E-state index contributed by atoms with van der Waals surface area (Å²) in [6.07, 6.45) is 2.55. The highest BCUT2D eigenvalue weighted by molar-refractivity contribution is 6.09. The first-order valence-corrected chi connectivity index (χ1v) is 9.56. The molecule has 3 aromatic rings. The Kier molecular flexibility index (Phi) is 4.92. The van der Waals surface area contributed by atoms with Gasteiger partial charge in [0.05, 0.1) is 37.7 Å². The molecule has 1 amide bonds. The van der Waals surface area contributed by atoms with Crippen LogP contribution in [0.1, 0.15) is 35.6 Å². The summed E-state index contributed by atoms with van der Waals surface area (Å²) >= 11 is 0. The number of hydrogen-bond acceptors (Lipinski definition) is 6. The number of methoxy groups -OCH3 is 2. The van der Waals surface area contributed by atoms with Crippen molar-refractivity contribution in [2.75, 3.05) is 19.1 Å². The van der Waals surface area contributed by atoms with E-state index in [1.807, 2.05) is 35.9 Å². The third-order valence-electron chi connectivity index (χ3n) is 5.07. The van der Waals surface area contributed by atoms with Gasteiger partial charge in [-0.15, -0.1) is 0 Å². The van der Waals surface area contributed by atoms with Gasteiger partial charge in [0.15, 0.2) is 11.6 Å². The molecule has 1 aliphatic rings. The molecule has 150 valence electrons. The normalized spacial score (nSPS) is 13.0. The van der Waals surface area contributed by atoms with Crippen molar-refractivity contribution in [3.05, 3.63) is 47.4 Å². The number of carbonyl (C=O) groups excluding carboxylic acids is 1. The van der Waals surface area contributed by atoms with E-state index in [-0.39, 0.29) is 5.91 Å². The maximum absolute atomic E-state index is 12.9. The van der Waals surface area contributed by atoms with Crippen molar-refractivity contribution in [2.24, 2.45) is 0 Å². The summed E-state index contributed by atoms with van der Waals surface area (Å²) in [5.41, 5.74) is 3.95. The van der Waals surface area contributed by atoms with Crippen molar-refractivity contribution in [3.8, 4) is 22.9 Å². The number of pyridine rings is 2. The summed E-state index contributed by atoms with van der Waals surface area (Å²) in [7, 11) is 3.11. The van der Waals surface area contributed by atoms with Crippen LogP contribution >= 0.6 is 0 Å². The van der Waals surface area contributed by atoms with Crippen LogP contribution in [0.3, 0.4) is 0 Å². The largest absolute Gasteiger partial charge is 0.491 e. The Morgan fingerprint density at radius 1 is 1.14 bits per heavy atom. The minimum atomic E-state index is -0.0760. The lowest BCUT2D eigenvalue weighted by Gasteiger charge is -2.11. The van der Waals surface area contributed by atoms with Crippen LogP contribution < -0.4 is 14.4 Å². The van der Waals surface area contributed by atoms with E-state index in [9.17, 15) is 4.79 Å². The number of rotatable bonds is 6. The molecular weight excluding hydrogens is 370 g/mol. The molecule has 0 aliphatic carbocycles. The molecule has 4 rings (SSSR count). The second kappa shape index (κ2) is 7.54. The Labute approximate surface area is 169 Å².